The van der Waals surface area contributed by atoms with Crippen molar-refractivity contribution in [2.75, 3.05) is 25.4 Å². The molecule has 32 heavy (non-hydrogen) atoms. The van der Waals surface area contributed by atoms with E-state index in [1.165, 1.54) is 11.1 Å². The molecule has 3 atom stereocenters. The molecule has 0 aromatic heterocycles. The molecule has 6 rings (SSSR count). The van der Waals surface area contributed by atoms with Crippen LogP contribution in [-0.2, 0) is 26.6 Å². The third kappa shape index (κ3) is 2.55. The van der Waals surface area contributed by atoms with Crippen LogP contribution in [-0.4, -0.2) is 49.8 Å². The van der Waals surface area contributed by atoms with Crippen LogP contribution in [0.4, 0.5) is 4.79 Å². The predicted molar refractivity (Wildman–Crippen MR) is 122 cm³/mol. The van der Waals surface area contributed by atoms with Crippen LogP contribution >= 0.6 is 0 Å². The van der Waals surface area contributed by atoms with Crippen LogP contribution in [0.1, 0.15) is 63.5 Å². The number of benzene rings is 1. The summed E-state index contributed by atoms with van der Waals surface area (Å²) >= 11 is 0. The van der Waals surface area contributed by atoms with Gasteiger partial charge in [-0.1, -0.05) is 38.1 Å². The summed E-state index contributed by atoms with van der Waals surface area (Å²) in [5, 5.41) is 2.84. The zero-order chi connectivity index (χ0) is 22.4. The second-order valence-corrected chi connectivity index (χ2v) is 13.5. The topological polar surface area (TPSA) is 75.7 Å². The molecule has 174 valence electrons. The van der Waals surface area contributed by atoms with Crippen LogP contribution in [0.2, 0.25) is 0 Å². The van der Waals surface area contributed by atoms with Crippen LogP contribution in [0, 0.1) is 16.7 Å². The molecule has 2 saturated heterocycles. The van der Waals surface area contributed by atoms with Crippen LogP contribution in [0.15, 0.2) is 24.3 Å². The monoisotopic (exact) mass is 458 g/mol. The number of hydrogen-bond acceptors (Lipinski definition) is 4. The maximum absolute atomic E-state index is 13.8. The highest BCUT2D eigenvalue weighted by Gasteiger charge is 2.75. The van der Waals surface area contributed by atoms with E-state index in [4.69, 9.17) is 4.74 Å². The summed E-state index contributed by atoms with van der Waals surface area (Å²) in [7, 11) is -3.47. The predicted octanol–water partition coefficient (Wildman–Crippen LogP) is 3.60. The normalized spacial score (nSPS) is 37.1. The summed E-state index contributed by atoms with van der Waals surface area (Å²) in [5.74, 6) is 0.479. The van der Waals surface area contributed by atoms with Crippen LogP contribution < -0.4 is 5.32 Å². The number of rotatable bonds is 3. The van der Waals surface area contributed by atoms with E-state index in [1.54, 1.807) is 4.31 Å². The van der Waals surface area contributed by atoms with E-state index < -0.39 is 27.1 Å². The van der Waals surface area contributed by atoms with Gasteiger partial charge in [0, 0.05) is 18.5 Å². The summed E-state index contributed by atoms with van der Waals surface area (Å²) in [6.45, 7) is 5.99. The zero-order valence-electron chi connectivity index (χ0n) is 19.2. The Kier molecular flexibility index (Phi) is 4.26. The Morgan fingerprint density at radius 2 is 1.88 bits per heavy atom. The van der Waals surface area contributed by atoms with Gasteiger partial charge in [0.25, 0.3) is 0 Å². The average molecular weight is 459 g/mol. The Morgan fingerprint density at radius 1 is 1.12 bits per heavy atom. The van der Waals surface area contributed by atoms with Gasteiger partial charge in [0.05, 0.1) is 12.3 Å². The Balaban J connectivity index is 1.26. The van der Waals surface area contributed by atoms with E-state index in [1.807, 2.05) is 0 Å². The lowest BCUT2D eigenvalue weighted by Crippen LogP contribution is -2.57. The fourth-order valence-corrected chi connectivity index (χ4v) is 10.7. The summed E-state index contributed by atoms with van der Waals surface area (Å²) in [4.78, 5) is 12.1. The van der Waals surface area contributed by atoms with Crippen molar-refractivity contribution in [1.29, 1.82) is 0 Å². The molecule has 2 aliphatic heterocycles. The molecule has 2 bridgehead atoms. The number of carbonyl (C=O) groups excluding carboxylic acids is 1. The maximum atomic E-state index is 13.8. The second kappa shape index (κ2) is 6.50. The SMILES string of the molecule is CC1(C)[C@@H]2CC[C@@]1(CS(=O)(=O)N1CCC3(CCc4ccccc43)CC1)C1(CNC(=O)O1)C2. The fraction of sp³-hybridized carbons (Fsp3) is 0.720. The molecule has 1 amide bonds. The smallest absolute Gasteiger partial charge is 0.407 e. The first kappa shape index (κ1) is 21.0. The molecule has 4 fully saturated rings. The van der Waals surface area contributed by atoms with Gasteiger partial charge in [-0.05, 0) is 72.8 Å². The molecule has 2 spiro atoms. The van der Waals surface area contributed by atoms with Gasteiger partial charge in [-0.15, -0.1) is 0 Å². The van der Waals surface area contributed by atoms with Gasteiger partial charge in [0.15, 0.2) is 0 Å². The Labute approximate surface area is 191 Å². The first-order valence-corrected chi connectivity index (χ1v) is 13.8. The van der Waals surface area contributed by atoms with Crippen molar-refractivity contribution < 1.29 is 17.9 Å². The molecule has 1 aromatic carbocycles. The number of carbonyl (C=O) groups is 1. The van der Waals surface area contributed by atoms with Gasteiger partial charge in [0.2, 0.25) is 10.0 Å². The Bertz CT molecular complexity index is 1080. The van der Waals surface area contributed by atoms with E-state index in [9.17, 15) is 13.2 Å². The molecule has 1 N–H and O–H groups in total. The minimum atomic E-state index is -3.47. The number of alkyl carbamates (subject to hydrolysis) is 1. The van der Waals surface area contributed by atoms with Crippen molar-refractivity contribution in [3.05, 3.63) is 35.4 Å². The molecule has 7 heteroatoms. The van der Waals surface area contributed by atoms with Crippen molar-refractivity contribution >= 4 is 16.1 Å². The molecule has 0 radical (unpaired) electrons. The number of sulfonamides is 1. The second-order valence-electron chi connectivity index (χ2n) is 11.6. The summed E-state index contributed by atoms with van der Waals surface area (Å²) in [5.41, 5.74) is 1.62. The van der Waals surface area contributed by atoms with Crippen molar-refractivity contribution in [2.45, 2.75) is 69.8 Å². The van der Waals surface area contributed by atoms with Gasteiger partial charge in [-0.3, -0.25) is 0 Å². The maximum Gasteiger partial charge on any atom is 0.407 e. The largest absolute Gasteiger partial charge is 0.440 e. The first-order chi connectivity index (χ1) is 15.1. The number of nitrogens with one attached hydrogen (secondary N) is 1. The van der Waals surface area contributed by atoms with Crippen molar-refractivity contribution in [3.8, 4) is 0 Å². The average Bonchev–Trinajstić information content (AvgIpc) is 3.42. The Hall–Kier alpha value is -1.60. The number of aryl methyl sites for hydroxylation is 1. The Morgan fingerprint density at radius 3 is 2.56 bits per heavy atom. The molecule has 2 heterocycles. The molecule has 6 nitrogen and oxygen atoms in total. The van der Waals surface area contributed by atoms with E-state index >= 15 is 0 Å². The minimum absolute atomic E-state index is 0.0854. The summed E-state index contributed by atoms with van der Waals surface area (Å²) < 4.78 is 35.3. The molecule has 1 unspecified atom stereocenters. The third-order valence-electron chi connectivity index (χ3n) is 10.4. The standard InChI is InChI=1S/C25H34N2O4S/c1-22(2)19-8-10-24(22,25(15-19)16-26-21(28)31-25)17-32(29,30)27-13-11-23(12-14-27)9-7-18-5-3-4-6-20(18)23/h3-6,19H,7-17H2,1-2H3,(H,26,28)/t19-,24+,25?/m1/s1. The van der Waals surface area contributed by atoms with E-state index in [0.717, 1.165) is 44.9 Å². The lowest BCUT2D eigenvalue weighted by molar-refractivity contribution is -0.0622. The van der Waals surface area contributed by atoms with Gasteiger partial charge >= 0.3 is 6.09 Å². The molecule has 5 aliphatic rings. The van der Waals surface area contributed by atoms with Gasteiger partial charge in [0.1, 0.15) is 5.60 Å². The van der Waals surface area contributed by atoms with E-state index in [-0.39, 0.29) is 16.6 Å². The molecular formula is C25H34N2O4S. The molecular weight excluding hydrogens is 424 g/mol. The number of fused-ring (bicyclic) bond motifs is 5. The minimum Gasteiger partial charge on any atom is -0.440 e. The highest BCUT2D eigenvalue weighted by molar-refractivity contribution is 7.89. The lowest BCUT2D eigenvalue weighted by atomic mass is 9.64. The van der Waals surface area contributed by atoms with Gasteiger partial charge < -0.3 is 10.1 Å². The number of amides is 1. The lowest BCUT2D eigenvalue weighted by Gasteiger charge is -2.48. The highest BCUT2D eigenvalue weighted by atomic mass is 32.2. The zero-order valence-corrected chi connectivity index (χ0v) is 20.0. The van der Waals surface area contributed by atoms with Crippen molar-refractivity contribution in [1.82, 2.24) is 9.62 Å². The molecule has 3 aliphatic carbocycles. The van der Waals surface area contributed by atoms with Gasteiger partial charge in [-0.25, -0.2) is 17.5 Å². The number of nitrogens with zero attached hydrogens (tertiary/aromatic N) is 1. The van der Waals surface area contributed by atoms with Crippen LogP contribution in [0.3, 0.4) is 0 Å². The van der Waals surface area contributed by atoms with Crippen molar-refractivity contribution in [2.24, 2.45) is 16.7 Å². The number of hydrogen-bond donors (Lipinski definition) is 1. The summed E-state index contributed by atoms with van der Waals surface area (Å²) in [6, 6.07) is 8.69. The highest BCUT2D eigenvalue weighted by Crippen LogP contribution is 2.71. The quantitative estimate of drug-likeness (QED) is 0.751. The molecule has 2 saturated carbocycles. The number of ether oxygens (including phenoxy) is 1. The summed E-state index contributed by atoms with van der Waals surface area (Å²) in [6.07, 6.45) is 6.21. The number of piperidine rings is 1. The van der Waals surface area contributed by atoms with Crippen LogP contribution in [0.5, 0.6) is 0 Å². The van der Waals surface area contributed by atoms with E-state index in [0.29, 0.717) is 25.6 Å². The van der Waals surface area contributed by atoms with Crippen LogP contribution in [0.25, 0.3) is 0 Å². The fourth-order valence-electron chi connectivity index (χ4n) is 8.37. The van der Waals surface area contributed by atoms with E-state index in [2.05, 4.69) is 43.4 Å². The van der Waals surface area contributed by atoms with Crippen molar-refractivity contribution in [3.63, 3.8) is 0 Å². The third-order valence-corrected chi connectivity index (χ3v) is 12.4. The molecule has 1 aromatic rings. The first-order valence-electron chi connectivity index (χ1n) is 12.2. The van der Waals surface area contributed by atoms with Gasteiger partial charge in [-0.2, -0.15) is 0 Å².